The molecule has 0 aliphatic rings. The lowest BCUT2D eigenvalue weighted by Crippen LogP contribution is -2.25. The molecule has 0 unspecified atom stereocenters. The highest BCUT2D eigenvalue weighted by Crippen LogP contribution is 2.11. The number of carbonyl (C=O) groups is 1. The van der Waals surface area contributed by atoms with E-state index in [0.29, 0.717) is 12.1 Å². The van der Waals surface area contributed by atoms with Crippen LogP contribution in [0.3, 0.4) is 0 Å². The summed E-state index contributed by atoms with van der Waals surface area (Å²) in [6.45, 7) is 5.87. The Morgan fingerprint density at radius 1 is 1.39 bits per heavy atom. The van der Waals surface area contributed by atoms with Crippen molar-refractivity contribution in [1.82, 2.24) is 10.3 Å². The van der Waals surface area contributed by atoms with E-state index in [4.69, 9.17) is 0 Å². The van der Waals surface area contributed by atoms with Gasteiger partial charge in [-0.3, -0.25) is 4.79 Å². The molecule has 0 fully saturated rings. The Morgan fingerprint density at radius 3 is 2.83 bits per heavy atom. The molecule has 4 nitrogen and oxygen atoms in total. The largest absolute Gasteiger partial charge is 0.360 e. The lowest BCUT2D eigenvalue weighted by atomic mass is 10.2. The van der Waals surface area contributed by atoms with Crippen LogP contribution < -0.4 is 10.2 Å². The lowest BCUT2D eigenvalue weighted by Gasteiger charge is -2.18. The second-order valence-electron chi connectivity index (χ2n) is 4.43. The molecule has 0 atom stereocenters. The van der Waals surface area contributed by atoms with Crippen molar-refractivity contribution >= 4 is 11.7 Å². The van der Waals surface area contributed by atoms with Crippen LogP contribution in [0.15, 0.2) is 18.3 Å². The van der Waals surface area contributed by atoms with Crippen LogP contribution in [-0.4, -0.2) is 31.0 Å². The number of nitrogens with one attached hydrogen (secondary N) is 1. The molecular weight excluding hydrogens is 226 g/mol. The van der Waals surface area contributed by atoms with Crippen molar-refractivity contribution in [3.8, 4) is 0 Å². The third-order valence-corrected chi connectivity index (χ3v) is 2.78. The van der Waals surface area contributed by atoms with E-state index in [9.17, 15) is 4.79 Å². The molecule has 0 bridgehead atoms. The van der Waals surface area contributed by atoms with Crippen LogP contribution in [-0.2, 0) is 0 Å². The van der Waals surface area contributed by atoms with Gasteiger partial charge < -0.3 is 10.2 Å². The van der Waals surface area contributed by atoms with Gasteiger partial charge in [-0.05, 0) is 25.0 Å². The Kier molecular flexibility index (Phi) is 6.19. The van der Waals surface area contributed by atoms with Gasteiger partial charge in [-0.1, -0.05) is 20.3 Å². The van der Waals surface area contributed by atoms with Crippen molar-refractivity contribution in [3.05, 3.63) is 23.9 Å². The molecule has 100 valence electrons. The number of unbranched alkanes of at least 4 members (excludes halogenated alkanes) is 1. The van der Waals surface area contributed by atoms with E-state index in [0.717, 1.165) is 31.6 Å². The normalized spacial score (nSPS) is 10.2. The topological polar surface area (TPSA) is 45.2 Å². The van der Waals surface area contributed by atoms with Crippen molar-refractivity contribution in [2.45, 2.75) is 33.1 Å². The molecule has 0 saturated heterocycles. The van der Waals surface area contributed by atoms with Crippen LogP contribution in [0, 0.1) is 0 Å². The molecular formula is C14H23N3O. The van der Waals surface area contributed by atoms with Crippen LogP contribution in [0.2, 0.25) is 0 Å². The van der Waals surface area contributed by atoms with Crippen LogP contribution in [0.1, 0.15) is 43.5 Å². The van der Waals surface area contributed by atoms with Crippen LogP contribution in [0.4, 0.5) is 5.82 Å². The van der Waals surface area contributed by atoms with Gasteiger partial charge in [0.25, 0.3) is 5.91 Å². The third-order valence-electron chi connectivity index (χ3n) is 2.78. The minimum absolute atomic E-state index is 0.0237. The van der Waals surface area contributed by atoms with E-state index in [1.54, 1.807) is 12.3 Å². The maximum Gasteiger partial charge on any atom is 0.251 e. The quantitative estimate of drug-likeness (QED) is 0.807. The molecule has 1 amide bonds. The second-order valence-corrected chi connectivity index (χ2v) is 4.43. The van der Waals surface area contributed by atoms with Gasteiger partial charge >= 0.3 is 0 Å². The molecule has 1 aromatic rings. The number of aromatic nitrogens is 1. The standard InChI is InChI=1S/C14H23N3O/c1-4-6-10-17(3)13-11-12(7-9-15-13)14(18)16-8-5-2/h7,9,11H,4-6,8,10H2,1-3H3,(H,16,18). The number of anilines is 1. The predicted molar refractivity (Wildman–Crippen MR) is 75.0 cm³/mol. The molecule has 1 rings (SSSR count). The highest BCUT2D eigenvalue weighted by atomic mass is 16.1. The van der Waals surface area contributed by atoms with Crippen molar-refractivity contribution in [2.24, 2.45) is 0 Å². The molecule has 1 N–H and O–H groups in total. The molecule has 0 aromatic carbocycles. The van der Waals surface area contributed by atoms with E-state index < -0.39 is 0 Å². The fraction of sp³-hybridized carbons (Fsp3) is 0.571. The monoisotopic (exact) mass is 249 g/mol. The van der Waals surface area contributed by atoms with Crippen molar-refractivity contribution in [2.75, 3.05) is 25.0 Å². The molecule has 18 heavy (non-hydrogen) atoms. The molecule has 0 aliphatic carbocycles. The average molecular weight is 249 g/mol. The van der Waals surface area contributed by atoms with Gasteiger partial charge in [0, 0.05) is 31.9 Å². The highest BCUT2D eigenvalue weighted by Gasteiger charge is 2.08. The van der Waals surface area contributed by atoms with Gasteiger partial charge in [-0.15, -0.1) is 0 Å². The Bertz CT molecular complexity index is 379. The lowest BCUT2D eigenvalue weighted by molar-refractivity contribution is 0.0953. The zero-order chi connectivity index (χ0) is 13.4. The number of hydrogen-bond donors (Lipinski definition) is 1. The van der Waals surface area contributed by atoms with Crippen molar-refractivity contribution in [3.63, 3.8) is 0 Å². The van der Waals surface area contributed by atoms with Gasteiger partial charge in [-0.2, -0.15) is 0 Å². The van der Waals surface area contributed by atoms with Crippen LogP contribution in [0.25, 0.3) is 0 Å². The predicted octanol–water partition coefficient (Wildman–Crippen LogP) is 2.46. The summed E-state index contributed by atoms with van der Waals surface area (Å²) in [5.41, 5.74) is 0.678. The maximum absolute atomic E-state index is 11.8. The molecule has 1 heterocycles. The zero-order valence-electron chi connectivity index (χ0n) is 11.6. The van der Waals surface area contributed by atoms with Gasteiger partial charge in [-0.25, -0.2) is 4.98 Å². The number of carbonyl (C=O) groups excluding carboxylic acids is 1. The van der Waals surface area contributed by atoms with Gasteiger partial charge in [0.1, 0.15) is 5.82 Å². The number of hydrogen-bond acceptors (Lipinski definition) is 3. The summed E-state index contributed by atoms with van der Waals surface area (Å²) in [7, 11) is 2.01. The van der Waals surface area contributed by atoms with E-state index in [1.807, 2.05) is 20.0 Å². The number of rotatable bonds is 7. The number of nitrogens with zero attached hydrogens (tertiary/aromatic N) is 2. The molecule has 0 radical (unpaired) electrons. The first-order chi connectivity index (χ1) is 8.69. The number of pyridine rings is 1. The van der Waals surface area contributed by atoms with Crippen molar-refractivity contribution in [1.29, 1.82) is 0 Å². The fourth-order valence-electron chi connectivity index (χ4n) is 1.62. The Labute approximate surface area is 109 Å². The smallest absolute Gasteiger partial charge is 0.251 e. The maximum atomic E-state index is 11.8. The Hall–Kier alpha value is -1.58. The zero-order valence-corrected chi connectivity index (χ0v) is 11.6. The minimum Gasteiger partial charge on any atom is -0.360 e. The summed E-state index contributed by atoms with van der Waals surface area (Å²) in [6.07, 6.45) is 4.92. The van der Waals surface area contributed by atoms with Gasteiger partial charge in [0.2, 0.25) is 0 Å². The number of amides is 1. The van der Waals surface area contributed by atoms with E-state index in [1.165, 1.54) is 0 Å². The molecule has 4 heteroatoms. The van der Waals surface area contributed by atoms with Gasteiger partial charge in [0.15, 0.2) is 0 Å². The summed E-state index contributed by atoms with van der Waals surface area (Å²) in [4.78, 5) is 18.2. The van der Waals surface area contributed by atoms with Crippen LogP contribution >= 0.6 is 0 Å². The third kappa shape index (κ3) is 4.35. The first-order valence-electron chi connectivity index (χ1n) is 6.64. The van der Waals surface area contributed by atoms with E-state index in [2.05, 4.69) is 22.1 Å². The highest BCUT2D eigenvalue weighted by molar-refractivity contribution is 5.94. The Morgan fingerprint density at radius 2 is 2.17 bits per heavy atom. The summed E-state index contributed by atoms with van der Waals surface area (Å²) < 4.78 is 0. The summed E-state index contributed by atoms with van der Waals surface area (Å²) in [6, 6.07) is 3.60. The SMILES string of the molecule is CCCCN(C)c1cc(C(=O)NCCC)ccn1. The summed E-state index contributed by atoms with van der Waals surface area (Å²) in [5, 5.41) is 2.87. The summed E-state index contributed by atoms with van der Waals surface area (Å²) in [5.74, 6) is 0.831. The molecule has 1 aromatic heterocycles. The fourth-order valence-corrected chi connectivity index (χ4v) is 1.62. The average Bonchev–Trinajstić information content (AvgIpc) is 2.42. The molecule has 0 spiro atoms. The first-order valence-corrected chi connectivity index (χ1v) is 6.64. The molecule has 0 saturated carbocycles. The minimum atomic E-state index is -0.0237. The second kappa shape index (κ2) is 7.69. The van der Waals surface area contributed by atoms with E-state index in [-0.39, 0.29) is 5.91 Å². The van der Waals surface area contributed by atoms with E-state index >= 15 is 0 Å². The van der Waals surface area contributed by atoms with Crippen LogP contribution in [0.5, 0.6) is 0 Å². The van der Waals surface area contributed by atoms with Gasteiger partial charge in [0.05, 0.1) is 0 Å². The van der Waals surface area contributed by atoms with Crippen molar-refractivity contribution < 1.29 is 4.79 Å². The molecule has 0 aliphatic heterocycles. The first kappa shape index (κ1) is 14.5. The summed E-state index contributed by atoms with van der Waals surface area (Å²) >= 11 is 0. The Balaban J connectivity index is 2.69.